The highest BCUT2D eigenvalue weighted by molar-refractivity contribution is 9.10. The van der Waals surface area contributed by atoms with Crippen LogP contribution in [0.5, 0.6) is 0 Å². The first-order chi connectivity index (χ1) is 6.91. The molecule has 3 nitrogen and oxygen atoms in total. The number of rotatable bonds is 3. The number of benzene rings is 1. The van der Waals surface area contributed by atoms with E-state index in [0.29, 0.717) is 4.59 Å². The van der Waals surface area contributed by atoms with Crippen LogP contribution in [-0.2, 0) is 11.3 Å². The van der Waals surface area contributed by atoms with Gasteiger partial charge in [0.25, 0.3) is 5.91 Å². The average molecular weight is 352 g/mol. The van der Waals surface area contributed by atoms with Crippen molar-refractivity contribution < 1.29 is 26.4 Å². The number of quaternary nitrogens is 1. The summed E-state index contributed by atoms with van der Waals surface area (Å²) in [5.74, 6) is -0.0212. The fourth-order valence-electron chi connectivity index (χ4n) is 1.52. The van der Waals surface area contributed by atoms with Gasteiger partial charge in [0.05, 0.1) is 14.1 Å². The Balaban J connectivity index is 0.00000225. The molecule has 0 aliphatic carbocycles. The molecule has 1 aromatic carbocycles. The summed E-state index contributed by atoms with van der Waals surface area (Å²) in [6, 6.07) is 8.02. The third-order valence-corrected chi connectivity index (χ3v) is 2.76. The van der Waals surface area contributed by atoms with Crippen molar-refractivity contribution >= 4 is 21.8 Å². The summed E-state index contributed by atoms with van der Waals surface area (Å²) >= 11 is 3.49. The van der Waals surface area contributed by atoms with Crippen LogP contribution in [0.15, 0.2) is 28.7 Å². The molecule has 16 heavy (non-hydrogen) atoms. The molecule has 0 unspecified atom stereocenters. The predicted octanol–water partition coefficient (Wildman–Crippen LogP) is -0.919. The Morgan fingerprint density at radius 3 is 2.44 bits per heavy atom. The zero-order chi connectivity index (χ0) is 11.5. The van der Waals surface area contributed by atoms with Crippen LogP contribution >= 0.6 is 15.9 Å². The minimum absolute atomic E-state index is 0. The van der Waals surface area contributed by atoms with E-state index >= 15 is 0 Å². The van der Waals surface area contributed by atoms with Gasteiger partial charge in [-0.25, -0.2) is 10.0 Å². The Morgan fingerprint density at radius 2 is 1.94 bits per heavy atom. The highest BCUT2D eigenvalue weighted by Gasteiger charge is 2.18. The first-order valence-electron chi connectivity index (χ1n) is 4.76. The van der Waals surface area contributed by atoms with Gasteiger partial charge in [-0.2, -0.15) is 0 Å². The maximum absolute atomic E-state index is 11.0. The van der Waals surface area contributed by atoms with Crippen molar-refractivity contribution in [1.29, 1.82) is 0 Å². The summed E-state index contributed by atoms with van der Waals surface area (Å²) in [7, 11) is 3.92. The number of hydrogen-bond donors (Lipinski definition) is 1. The Kier molecular flexibility index (Phi) is 6.22. The molecular weight excluding hydrogens is 336 g/mol. The summed E-state index contributed by atoms with van der Waals surface area (Å²) in [6.07, 6.45) is 0. The van der Waals surface area contributed by atoms with Crippen molar-refractivity contribution in [3.63, 3.8) is 0 Å². The van der Waals surface area contributed by atoms with Gasteiger partial charge in [-0.3, -0.25) is 4.79 Å². The van der Waals surface area contributed by atoms with E-state index in [0.717, 1.165) is 11.0 Å². The van der Waals surface area contributed by atoms with Gasteiger partial charge >= 0.3 is 0 Å². The molecule has 1 rings (SSSR count). The SMILES string of the molecule is CC(=O)N[N+](C)(C)Cc1ccccc1Br.[Br-]. The molecule has 0 spiro atoms. The topological polar surface area (TPSA) is 29.1 Å². The van der Waals surface area contributed by atoms with Gasteiger partial charge in [-0.1, -0.05) is 34.1 Å². The van der Waals surface area contributed by atoms with Gasteiger partial charge < -0.3 is 17.0 Å². The monoisotopic (exact) mass is 350 g/mol. The second kappa shape index (κ2) is 6.37. The molecule has 0 aliphatic heterocycles. The fraction of sp³-hybridized carbons (Fsp3) is 0.364. The smallest absolute Gasteiger partial charge is 0.261 e. The maximum atomic E-state index is 11.0. The van der Waals surface area contributed by atoms with Crippen molar-refractivity contribution in [2.45, 2.75) is 13.5 Å². The number of hydrogen-bond acceptors (Lipinski definition) is 1. The van der Waals surface area contributed by atoms with Crippen molar-refractivity contribution in [3.05, 3.63) is 34.3 Å². The number of carbonyl (C=O) groups is 1. The number of carbonyl (C=O) groups excluding carboxylic acids is 1. The van der Waals surface area contributed by atoms with Gasteiger partial charge in [0.1, 0.15) is 6.54 Å². The standard InChI is InChI=1S/C11H15BrN2O.BrH/c1-9(15)13-14(2,3)8-10-6-4-5-7-11(10)12;/h4-7H,8H2,1-3H3;1H. The normalized spacial score (nSPS) is 10.5. The zero-order valence-corrected chi connectivity index (χ0v) is 12.8. The zero-order valence-electron chi connectivity index (χ0n) is 9.63. The quantitative estimate of drug-likeness (QED) is 0.554. The third-order valence-electron chi connectivity index (χ3n) is 1.98. The highest BCUT2D eigenvalue weighted by Crippen LogP contribution is 2.18. The summed E-state index contributed by atoms with van der Waals surface area (Å²) in [5, 5.41) is 0. The first-order valence-corrected chi connectivity index (χ1v) is 5.55. The third kappa shape index (κ3) is 5.09. The number of halogens is 2. The molecule has 0 heterocycles. The Labute approximate surface area is 115 Å². The van der Waals surface area contributed by atoms with E-state index in [1.807, 2.05) is 38.4 Å². The van der Waals surface area contributed by atoms with E-state index < -0.39 is 0 Å². The summed E-state index contributed by atoms with van der Waals surface area (Å²) in [5.41, 5.74) is 4.05. The van der Waals surface area contributed by atoms with Crippen molar-refractivity contribution in [1.82, 2.24) is 5.43 Å². The fourth-order valence-corrected chi connectivity index (χ4v) is 1.93. The van der Waals surface area contributed by atoms with Crippen molar-refractivity contribution in [2.24, 2.45) is 0 Å². The van der Waals surface area contributed by atoms with E-state index in [9.17, 15) is 4.79 Å². The molecule has 1 aromatic rings. The maximum Gasteiger partial charge on any atom is 0.261 e. The minimum atomic E-state index is -0.0212. The van der Waals surface area contributed by atoms with Crippen LogP contribution in [0.4, 0.5) is 0 Å². The van der Waals surface area contributed by atoms with Gasteiger partial charge in [0.2, 0.25) is 0 Å². The molecule has 0 aliphatic rings. The molecule has 0 fully saturated rings. The number of amides is 1. The lowest BCUT2D eigenvalue weighted by Gasteiger charge is -2.28. The highest BCUT2D eigenvalue weighted by atomic mass is 79.9. The van der Waals surface area contributed by atoms with E-state index in [1.165, 1.54) is 12.5 Å². The van der Waals surface area contributed by atoms with E-state index in [-0.39, 0.29) is 22.9 Å². The van der Waals surface area contributed by atoms with Crippen LogP contribution in [0.25, 0.3) is 0 Å². The van der Waals surface area contributed by atoms with Gasteiger partial charge in [0, 0.05) is 17.0 Å². The van der Waals surface area contributed by atoms with Crippen molar-refractivity contribution in [2.75, 3.05) is 14.1 Å². The summed E-state index contributed by atoms with van der Waals surface area (Å²) < 4.78 is 1.51. The Hall–Kier alpha value is -0.390. The Bertz CT molecular complexity index is 367. The van der Waals surface area contributed by atoms with E-state index in [1.54, 1.807) is 0 Å². The van der Waals surface area contributed by atoms with Gasteiger partial charge in [-0.05, 0) is 6.07 Å². The van der Waals surface area contributed by atoms with Gasteiger partial charge in [-0.15, -0.1) is 0 Å². The summed E-state index contributed by atoms with van der Waals surface area (Å²) in [6.45, 7) is 2.28. The Morgan fingerprint density at radius 1 is 1.38 bits per heavy atom. The molecule has 90 valence electrons. The molecule has 0 saturated carbocycles. The number of nitrogens with zero attached hydrogens (tertiary/aromatic N) is 1. The predicted molar refractivity (Wildman–Crippen MR) is 63.8 cm³/mol. The molecule has 5 heteroatoms. The lowest BCUT2D eigenvalue weighted by molar-refractivity contribution is -0.938. The molecular formula is C11H16Br2N2O. The number of nitrogens with one attached hydrogen (secondary N) is 1. The van der Waals surface area contributed by atoms with E-state index in [4.69, 9.17) is 0 Å². The summed E-state index contributed by atoms with van der Waals surface area (Å²) in [4.78, 5) is 11.0. The molecule has 0 radical (unpaired) electrons. The molecule has 1 N–H and O–H groups in total. The van der Waals surface area contributed by atoms with E-state index in [2.05, 4.69) is 21.4 Å². The van der Waals surface area contributed by atoms with Crippen molar-refractivity contribution in [3.8, 4) is 0 Å². The largest absolute Gasteiger partial charge is 1.00 e. The lowest BCUT2D eigenvalue weighted by atomic mass is 10.2. The minimum Gasteiger partial charge on any atom is -1.00 e. The molecule has 0 bridgehead atoms. The van der Waals surface area contributed by atoms with Crippen LogP contribution in [0.3, 0.4) is 0 Å². The van der Waals surface area contributed by atoms with Crippen LogP contribution in [0.2, 0.25) is 0 Å². The average Bonchev–Trinajstić information content (AvgIpc) is 2.06. The molecule has 0 atom stereocenters. The first kappa shape index (κ1) is 15.6. The lowest BCUT2D eigenvalue weighted by Crippen LogP contribution is -3.00. The second-order valence-corrected chi connectivity index (χ2v) is 4.96. The second-order valence-electron chi connectivity index (χ2n) is 4.10. The molecule has 0 aromatic heterocycles. The van der Waals surface area contributed by atoms with Crippen LogP contribution < -0.4 is 22.4 Å². The van der Waals surface area contributed by atoms with Crippen LogP contribution in [-0.4, -0.2) is 24.6 Å². The van der Waals surface area contributed by atoms with Crippen LogP contribution in [0, 0.1) is 0 Å². The van der Waals surface area contributed by atoms with Gasteiger partial charge in [0.15, 0.2) is 0 Å². The molecule has 0 saturated heterocycles. The molecule has 1 amide bonds. The van der Waals surface area contributed by atoms with Crippen LogP contribution in [0.1, 0.15) is 12.5 Å².